The van der Waals surface area contributed by atoms with Crippen molar-refractivity contribution < 1.29 is 64.2 Å². The van der Waals surface area contributed by atoms with E-state index in [1.807, 2.05) is 0 Å². The van der Waals surface area contributed by atoms with Crippen LogP contribution in [0.4, 0.5) is 0 Å². The summed E-state index contributed by atoms with van der Waals surface area (Å²) >= 11 is 0. The number of ether oxygens (including phenoxy) is 5. The van der Waals surface area contributed by atoms with E-state index in [-0.39, 0.29) is 17.9 Å². The summed E-state index contributed by atoms with van der Waals surface area (Å²) in [6.45, 7) is 0.789. The number of benzene rings is 1. The second kappa shape index (κ2) is 10.8. The number of hydrogen-bond donors (Lipinski definition) is 7. The first-order chi connectivity index (χ1) is 17.9. The number of hydrogen-bond acceptors (Lipinski definition) is 13. The molecule has 3 aliphatic rings. The Morgan fingerprint density at radius 1 is 1.16 bits per heavy atom. The number of carbonyl (C=O) groups excluding carboxylic acids is 1. The molecule has 2 fully saturated rings. The summed E-state index contributed by atoms with van der Waals surface area (Å²) in [6, 6.07) is 4.44. The number of carbonyl (C=O) groups is 1. The van der Waals surface area contributed by atoms with Crippen molar-refractivity contribution in [3.05, 3.63) is 42.2 Å². The molecule has 13 heteroatoms. The van der Waals surface area contributed by atoms with Crippen molar-refractivity contribution in [2.75, 3.05) is 13.7 Å². The van der Waals surface area contributed by atoms with Gasteiger partial charge >= 0.3 is 5.97 Å². The smallest absolute Gasteiger partial charge is 0.331 e. The van der Waals surface area contributed by atoms with Gasteiger partial charge in [0.25, 0.3) is 0 Å². The third kappa shape index (κ3) is 5.11. The van der Waals surface area contributed by atoms with E-state index in [0.717, 1.165) is 12.3 Å². The van der Waals surface area contributed by atoms with Crippen molar-refractivity contribution in [1.82, 2.24) is 0 Å². The van der Waals surface area contributed by atoms with Gasteiger partial charge in [0, 0.05) is 12.5 Å². The van der Waals surface area contributed by atoms with Gasteiger partial charge in [-0.05, 0) is 36.8 Å². The fourth-order valence-electron chi connectivity index (χ4n) is 5.15. The van der Waals surface area contributed by atoms with Crippen LogP contribution in [0, 0.1) is 5.92 Å². The molecular weight excluding hydrogens is 508 g/mol. The minimum Gasteiger partial charge on any atom is -0.504 e. The number of phenolic OH excluding ortho intramolecular Hbond substituents is 1. The lowest BCUT2D eigenvalue weighted by Crippen LogP contribution is -2.62. The van der Waals surface area contributed by atoms with Crippen LogP contribution in [0.1, 0.15) is 18.9 Å². The topological polar surface area (TPSA) is 205 Å². The van der Waals surface area contributed by atoms with Gasteiger partial charge in [0.2, 0.25) is 6.29 Å². The molecule has 0 bridgehead atoms. The van der Waals surface area contributed by atoms with E-state index in [2.05, 4.69) is 0 Å². The molecule has 1 aliphatic carbocycles. The van der Waals surface area contributed by atoms with Crippen molar-refractivity contribution in [2.45, 2.75) is 67.6 Å². The molecule has 1 saturated carbocycles. The Morgan fingerprint density at radius 2 is 1.89 bits per heavy atom. The van der Waals surface area contributed by atoms with Crippen LogP contribution in [-0.2, 0) is 23.7 Å². The molecule has 0 unspecified atom stereocenters. The van der Waals surface area contributed by atoms with Gasteiger partial charge in [0.15, 0.2) is 17.8 Å². The maximum Gasteiger partial charge on any atom is 0.331 e. The largest absolute Gasteiger partial charge is 0.504 e. The fraction of sp³-hybridized carbons (Fsp3) is 0.560. The Hall–Kier alpha value is -2.75. The van der Waals surface area contributed by atoms with Crippen LogP contribution in [0.15, 0.2) is 36.6 Å². The highest BCUT2D eigenvalue weighted by molar-refractivity contribution is 5.87. The van der Waals surface area contributed by atoms with E-state index in [1.54, 1.807) is 6.07 Å². The average molecular weight is 541 g/mol. The molecule has 2 aliphatic heterocycles. The molecule has 38 heavy (non-hydrogen) atoms. The summed E-state index contributed by atoms with van der Waals surface area (Å²) in [5.41, 5.74) is -2.98. The Kier molecular flexibility index (Phi) is 8.02. The number of aliphatic hydroxyl groups excluding tert-OH is 5. The molecule has 7 N–H and O–H groups in total. The average Bonchev–Trinajstić information content (AvgIpc) is 3.08. The number of methoxy groups -OCH3 is 1. The normalized spacial score (nSPS) is 40.5. The number of fused-ring (bicyclic) bond motifs is 1. The van der Waals surface area contributed by atoms with E-state index < -0.39 is 72.8 Å². The SMILES string of the molecule is COc1cc(C=CC(=O)O[C@@]2(C)C[C@@H](O)[C@]3(O)C=CO[C@@H](O[C@@H]4O[C@H](CO)[C@@H](O)[C@H](O)[C@H]4O)[C@@H]32)ccc1O. The Morgan fingerprint density at radius 3 is 2.58 bits per heavy atom. The van der Waals surface area contributed by atoms with Gasteiger partial charge in [-0.15, -0.1) is 0 Å². The molecule has 0 spiro atoms. The van der Waals surface area contributed by atoms with Gasteiger partial charge in [0.05, 0.1) is 32.0 Å². The van der Waals surface area contributed by atoms with Crippen molar-refractivity contribution in [3.8, 4) is 11.5 Å². The first-order valence-electron chi connectivity index (χ1n) is 11.9. The van der Waals surface area contributed by atoms with Crippen LogP contribution >= 0.6 is 0 Å². The Bertz CT molecular complexity index is 1070. The minimum atomic E-state index is -1.96. The third-order valence-electron chi connectivity index (χ3n) is 7.17. The number of aromatic hydroxyl groups is 1. The second-order valence-electron chi connectivity index (χ2n) is 9.72. The monoisotopic (exact) mass is 540 g/mol. The maximum absolute atomic E-state index is 12.8. The van der Waals surface area contributed by atoms with Crippen molar-refractivity contribution >= 4 is 12.0 Å². The lowest BCUT2D eigenvalue weighted by Gasteiger charge is -2.45. The van der Waals surface area contributed by atoms with Gasteiger partial charge < -0.3 is 59.4 Å². The lowest BCUT2D eigenvalue weighted by molar-refractivity contribution is -0.351. The van der Waals surface area contributed by atoms with Crippen LogP contribution in [0.2, 0.25) is 0 Å². The first kappa shape index (κ1) is 28.3. The molecular formula is C25H32O13. The highest BCUT2D eigenvalue weighted by atomic mass is 16.8. The summed E-state index contributed by atoms with van der Waals surface area (Å²) < 4.78 is 27.3. The minimum absolute atomic E-state index is 0.0743. The fourth-order valence-corrected chi connectivity index (χ4v) is 5.15. The van der Waals surface area contributed by atoms with Gasteiger partial charge in [-0.2, -0.15) is 0 Å². The van der Waals surface area contributed by atoms with Crippen molar-refractivity contribution in [1.29, 1.82) is 0 Å². The Labute approximate surface area is 217 Å². The molecule has 1 aromatic carbocycles. The summed E-state index contributed by atoms with van der Waals surface area (Å²) in [6.07, 6.45) is -6.16. The van der Waals surface area contributed by atoms with E-state index >= 15 is 0 Å². The van der Waals surface area contributed by atoms with E-state index in [4.69, 9.17) is 23.7 Å². The molecule has 4 rings (SSSR count). The van der Waals surface area contributed by atoms with Crippen LogP contribution in [0.3, 0.4) is 0 Å². The number of phenols is 1. The molecule has 1 saturated heterocycles. The molecule has 1 aromatic rings. The quantitative estimate of drug-likeness (QED) is 0.156. The van der Waals surface area contributed by atoms with Crippen LogP contribution < -0.4 is 4.74 Å². The van der Waals surface area contributed by atoms with Gasteiger partial charge in [-0.1, -0.05) is 6.07 Å². The van der Waals surface area contributed by atoms with Gasteiger partial charge in [-0.25, -0.2) is 4.79 Å². The molecule has 0 aromatic heterocycles. The zero-order valence-electron chi connectivity index (χ0n) is 20.7. The molecule has 0 radical (unpaired) electrons. The van der Waals surface area contributed by atoms with Crippen molar-refractivity contribution in [2.24, 2.45) is 5.92 Å². The van der Waals surface area contributed by atoms with Crippen molar-refractivity contribution in [3.63, 3.8) is 0 Å². The third-order valence-corrected chi connectivity index (χ3v) is 7.17. The van der Waals surface area contributed by atoms with E-state index in [9.17, 15) is 40.5 Å². The summed E-state index contributed by atoms with van der Waals surface area (Å²) in [5.74, 6) is -1.92. The van der Waals surface area contributed by atoms with Gasteiger partial charge in [0.1, 0.15) is 35.6 Å². The maximum atomic E-state index is 12.8. The summed E-state index contributed by atoms with van der Waals surface area (Å²) in [5, 5.41) is 71.7. The molecule has 2 heterocycles. The highest BCUT2D eigenvalue weighted by Crippen LogP contribution is 2.51. The number of rotatable bonds is 7. The molecule has 10 atom stereocenters. The lowest BCUT2D eigenvalue weighted by atomic mass is 9.81. The second-order valence-corrected chi connectivity index (χ2v) is 9.72. The van der Waals surface area contributed by atoms with E-state index in [1.165, 1.54) is 38.3 Å². The molecule has 13 nitrogen and oxygen atoms in total. The predicted octanol–water partition coefficient (Wildman–Crippen LogP) is -1.49. The van der Waals surface area contributed by atoms with Gasteiger partial charge in [-0.3, -0.25) is 0 Å². The molecule has 210 valence electrons. The van der Waals surface area contributed by atoms with Crippen LogP contribution in [0.5, 0.6) is 11.5 Å². The standard InChI is InChI=1S/C25H32O13/c1-24(38-17(29)6-4-12-3-5-13(27)14(9-12)34-2)10-16(28)25(33)7-8-35-23(21(24)25)37-22-20(32)19(31)18(30)15(11-26)36-22/h3-9,15-16,18-23,26-28,30-33H,10-11H2,1-2H3/t15-,16-,18-,19+,20-,21-,22+,23+,24+,25-/m1/s1. The van der Waals surface area contributed by atoms with E-state index in [0.29, 0.717) is 5.56 Å². The van der Waals surface area contributed by atoms with Crippen LogP contribution in [0.25, 0.3) is 6.08 Å². The highest BCUT2D eigenvalue weighted by Gasteiger charge is 2.66. The molecule has 0 amide bonds. The number of esters is 1. The predicted molar refractivity (Wildman–Crippen MR) is 126 cm³/mol. The Balaban J connectivity index is 1.54. The summed E-state index contributed by atoms with van der Waals surface area (Å²) in [7, 11) is 1.38. The van der Waals surface area contributed by atoms with Crippen LogP contribution in [-0.4, -0.2) is 110 Å². The zero-order valence-corrected chi connectivity index (χ0v) is 20.7. The number of aliphatic hydroxyl groups is 6. The zero-order chi connectivity index (χ0) is 27.8. The first-order valence-corrected chi connectivity index (χ1v) is 11.9. The summed E-state index contributed by atoms with van der Waals surface area (Å²) in [4.78, 5) is 12.8.